The van der Waals surface area contributed by atoms with Crippen molar-refractivity contribution in [1.29, 1.82) is 0 Å². The number of benzene rings is 8. The minimum Gasteiger partial charge on any atom is -0.337 e. The number of hydrogen-bond acceptors (Lipinski definition) is 1. The molecule has 0 spiro atoms. The first-order chi connectivity index (χ1) is 27.8. The highest BCUT2D eigenvalue weighted by Gasteiger charge is 2.37. The second-order valence-electron chi connectivity index (χ2n) is 17.0. The average molecular weight is 733 g/mol. The first kappa shape index (κ1) is 33.7. The molecule has 274 valence electrons. The number of fused-ring (bicyclic) bond motifs is 9. The van der Waals surface area contributed by atoms with E-state index >= 15 is 0 Å². The van der Waals surface area contributed by atoms with Gasteiger partial charge in [0, 0.05) is 45.2 Å². The van der Waals surface area contributed by atoms with Crippen molar-refractivity contribution < 1.29 is 0 Å². The Hall–Kier alpha value is -6.64. The summed E-state index contributed by atoms with van der Waals surface area (Å²) in [6.45, 7) is 10.2. The second kappa shape index (κ2) is 12.4. The summed E-state index contributed by atoms with van der Waals surface area (Å²) in [5, 5.41) is 2.54. The van der Waals surface area contributed by atoms with Gasteiger partial charge >= 0.3 is 0 Å². The molecule has 0 saturated carbocycles. The van der Waals surface area contributed by atoms with Crippen molar-refractivity contribution in [1.82, 2.24) is 4.57 Å². The van der Waals surface area contributed by atoms with Gasteiger partial charge in [0.05, 0.1) is 11.0 Å². The maximum absolute atomic E-state index is 2.53. The van der Waals surface area contributed by atoms with E-state index < -0.39 is 0 Å². The fourth-order valence-electron chi connectivity index (χ4n) is 10.0. The maximum atomic E-state index is 2.53. The fraction of sp³-hybridized carbons (Fsp3) is 0.127. The van der Waals surface area contributed by atoms with Gasteiger partial charge in [-0.05, 0) is 116 Å². The average Bonchev–Trinajstić information content (AvgIpc) is 3.79. The monoisotopic (exact) mass is 732 g/mol. The first-order valence-electron chi connectivity index (χ1n) is 20.2. The van der Waals surface area contributed by atoms with E-state index in [4.69, 9.17) is 0 Å². The highest BCUT2D eigenvalue weighted by molar-refractivity contribution is 6.10. The molecule has 8 aromatic carbocycles. The standard InChI is InChI=1S/C55H44N2/c1-54(2)48-19-11-8-16-42(48)44-29-27-40(33-50(44)54)56(41-28-30-45-43-17-9-12-20-49(43)55(3,4)51(45)34-41)35-36-22-24-37(25-23-36)38-26-31-53-47(32-38)46-18-10-13-21-52(46)57(53)39-14-6-5-7-15-39/h5-34H,35H2,1-4H3. The van der Waals surface area contributed by atoms with Gasteiger partial charge in [0.2, 0.25) is 0 Å². The molecule has 2 aliphatic rings. The predicted molar refractivity (Wildman–Crippen MR) is 240 cm³/mol. The molecule has 2 nitrogen and oxygen atoms in total. The van der Waals surface area contributed by atoms with E-state index in [0.717, 1.165) is 6.54 Å². The number of para-hydroxylation sites is 2. The van der Waals surface area contributed by atoms with Crippen LogP contribution in [0.25, 0.3) is 60.9 Å². The molecule has 1 aromatic heterocycles. The van der Waals surface area contributed by atoms with Crippen molar-refractivity contribution in [3.63, 3.8) is 0 Å². The Kier molecular flexibility index (Phi) is 7.35. The molecule has 0 atom stereocenters. The van der Waals surface area contributed by atoms with Crippen LogP contribution < -0.4 is 4.90 Å². The summed E-state index contributed by atoms with van der Waals surface area (Å²) in [5.41, 5.74) is 20.6. The molecule has 0 amide bonds. The maximum Gasteiger partial charge on any atom is 0.0541 e. The van der Waals surface area contributed by atoms with Gasteiger partial charge in [-0.15, -0.1) is 0 Å². The lowest BCUT2D eigenvalue weighted by Crippen LogP contribution is -2.20. The zero-order valence-electron chi connectivity index (χ0n) is 32.9. The second-order valence-corrected chi connectivity index (χ2v) is 17.0. The molecule has 0 saturated heterocycles. The lowest BCUT2D eigenvalue weighted by Gasteiger charge is -2.30. The lowest BCUT2D eigenvalue weighted by atomic mass is 9.82. The molecule has 0 bridgehead atoms. The number of hydrogen-bond donors (Lipinski definition) is 0. The third-order valence-corrected chi connectivity index (χ3v) is 13.1. The van der Waals surface area contributed by atoms with Gasteiger partial charge in [0.25, 0.3) is 0 Å². The Morgan fingerprint density at radius 3 is 1.54 bits per heavy atom. The number of nitrogens with zero attached hydrogens (tertiary/aromatic N) is 2. The molecular formula is C55H44N2. The van der Waals surface area contributed by atoms with Gasteiger partial charge in [-0.3, -0.25) is 0 Å². The van der Waals surface area contributed by atoms with Crippen molar-refractivity contribution in [2.75, 3.05) is 4.90 Å². The molecule has 0 unspecified atom stereocenters. The predicted octanol–water partition coefficient (Wildman–Crippen LogP) is 14.4. The molecule has 9 aromatic rings. The van der Waals surface area contributed by atoms with Crippen LogP contribution >= 0.6 is 0 Å². The molecule has 0 N–H and O–H groups in total. The van der Waals surface area contributed by atoms with Crippen molar-refractivity contribution in [2.45, 2.75) is 45.1 Å². The van der Waals surface area contributed by atoms with Crippen LogP contribution in [-0.4, -0.2) is 4.57 Å². The van der Waals surface area contributed by atoms with Gasteiger partial charge in [-0.1, -0.05) is 155 Å². The molecule has 2 aliphatic carbocycles. The minimum atomic E-state index is -0.0780. The normalized spacial score (nSPS) is 14.3. The van der Waals surface area contributed by atoms with Crippen LogP contribution in [0.15, 0.2) is 182 Å². The van der Waals surface area contributed by atoms with Crippen LogP contribution in [0.3, 0.4) is 0 Å². The fourth-order valence-corrected chi connectivity index (χ4v) is 10.0. The smallest absolute Gasteiger partial charge is 0.0541 e. The Morgan fingerprint density at radius 1 is 0.404 bits per heavy atom. The van der Waals surface area contributed by atoms with Gasteiger partial charge in [0.15, 0.2) is 0 Å². The summed E-state index contributed by atoms with van der Waals surface area (Å²) >= 11 is 0. The molecule has 2 heteroatoms. The number of anilines is 2. The van der Waals surface area contributed by atoms with Gasteiger partial charge in [-0.25, -0.2) is 0 Å². The highest BCUT2D eigenvalue weighted by Crippen LogP contribution is 2.52. The van der Waals surface area contributed by atoms with Crippen LogP contribution in [0, 0.1) is 0 Å². The molecule has 57 heavy (non-hydrogen) atoms. The van der Waals surface area contributed by atoms with Gasteiger partial charge in [-0.2, -0.15) is 0 Å². The van der Waals surface area contributed by atoms with E-state index in [1.165, 1.54) is 100 Å². The molecule has 1 heterocycles. The summed E-state index contributed by atoms with van der Waals surface area (Å²) in [5.74, 6) is 0. The summed E-state index contributed by atoms with van der Waals surface area (Å²) in [6, 6.07) is 67.7. The summed E-state index contributed by atoms with van der Waals surface area (Å²) in [4.78, 5) is 2.53. The van der Waals surface area contributed by atoms with E-state index in [-0.39, 0.29) is 10.8 Å². The number of rotatable bonds is 6. The van der Waals surface area contributed by atoms with Gasteiger partial charge < -0.3 is 9.47 Å². The minimum absolute atomic E-state index is 0.0780. The molecule has 0 radical (unpaired) electrons. The van der Waals surface area contributed by atoms with Crippen LogP contribution in [-0.2, 0) is 17.4 Å². The van der Waals surface area contributed by atoms with E-state index in [1.54, 1.807) is 0 Å². The van der Waals surface area contributed by atoms with E-state index in [1.807, 2.05) is 0 Å². The van der Waals surface area contributed by atoms with Crippen molar-refractivity contribution in [3.05, 3.63) is 210 Å². The molecular weight excluding hydrogens is 689 g/mol. The van der Waals surface area contributed by atoms with Crippen molar-refractivity contribution in [3.8, 4) is 39.1 Å². The van der Waals surface area contributed by atoms with Gasteiger partial charge in [0.1, 0.15) is 0 Å². The Labute approximate surface area is 335 Å². The van der Waals surface area contributed by atoms with E-state index in [0.29, 0.717) is 0 Å². The Balaban J connectivity index is 0.987. The zero-order valence-corrected chi connectivity index (χ0v) is 32.9. The van der Waals surface area contributed by atoms with Crippen LogP contribution in [0.1, 0.15) is 55.5 Å². The van der Waals surface area contributed by atoms with Crippen LogP contribution in [0.4, 0.5) is 11.4 Å². The van der Waals surface area contributed by atoms with Crippen LogP contribution in [0.5, 0.6) is 0 Å². The van der Waals surface area contributed by atoms with Crippen LogP contribution in [0.2, 0.25) is 0 Å². The highest BCUT2D eigenvalue weighted by atomic mass is 15.1. The topological polar surface area (TPSA) is 8.17 Å². The Morgan fingerprint density at radius 2 is 0.912 bits per heavy atom. The molecule has 11 rings (SSSR count). The lowest BCUT2D eigenvalue weighted by molar-refractivity contribution is 0.659. The van der Waals surface area contributed by atoms with Crippen molar-refractivity contribution >= 4 is 33.2 Å². The number of aromatic nitrogens is 1. The summed E-state index contributed by atoms with van der Waals surface area (Å²) in [6.07, 6.45) is 0. The third kappa shape index (κ3) is 5.10. The SMILES string of the molecule is CC1(C)c2ccccc2-c2ccc(N(Cc3ccc(-c4ccc5c(c4)c4ccccc4n5-c4ccccc4)cc3)c3ccc4c(c3)C(C)(C)c3ccccc3-4)cc21. The first-order valence-corrected chi connectivity index (χ1v) is 20.2. The largest absolute Gasteiger partial charge is 0.337 e. The third-order valence-electron chi connectivity index (χ3n) is 13.1. The summed E-state index contributed by atoms with van der Waals surface area (Å²) in [7, 11) is 0. The molecule has 0 fully saturated rings. The zero-order chi connectivity index (χ0) is 38.5. The van der Waals surface area contributed by atoms with Crippen molar-refractivity contribution in [2.24, 2.45) is 0 Å². The Bertz CT molecular complexity index is 2930. The quantitative estimate of drug-likeness (QED) is 0.165. The van der Waals surface area contributed by atoms with E-state index in [2.05, 4.69) is 219 Å². The van der Waals surface area contributed by atoms with E-state index in [9.17, 15) is 0 Å². The summed E-state index contributed by atoms with van der Waals surface area (Å²) < 4.78 is 2.38. The molecule has 0 aliphatic heterocycles.